The molecule has 0 unspecified atom stereocenters. The molecule has 0 aliphatic carbocycles. The molecule has 1 aliphatic heterocycles. The van der Waals surface area contributed by atoms with Gasteiger partial charge in [0.1, 0.15) is 5.82 Å². The number of nitrogens with zero attached hydrogens (tertiary/aromatic N) is 2. The molecule has 0 atom stereocenters. The molecule has 2 N–H and O–H groups in total. The Morgan fingerprint density at radius 2 is 1.89 bits per heavy atom. The van der Waals surface area contributed by atoms with Crippen molar-refractivity contribution in [3.05, 3.63) is 47.2 Å². The van der Waals surface area contributed by atoms with Crippen LogP contribution in [0.1, 0.15) is 44.0 Å². The van der Waals surface area contributed by atoms with Crippen molar-refractivity contribution >= 4 is 29.4 Å². The minimum Gasteiger partial charge on any atom is -0.348 e. The Bertz CT molecular complexity index is 824. The summed E-state index contributed by atoms with van der Waals surface area (Å²) in [6, 6.07) is 10.1. The molecule has 2 amide bonds. The van der Waals surface area contributed by atoms with Gasteiger partial charge in [-0.05, 0) is 39.2 Å². The average Bonchev–Trinajstić information content (AvgIpc) is 3.21. The summed E-state index contributed by atoms with van der Waals surface area (Å²) in [7, 11) is 0. The quantitative estimate of drug-likeness (QED) is 0.612. The zero-order valence-corrected chi connectivity index (χ0v) is 16.9. The van der Waals surface area contributed by atoms with Crippen molar-refractivity contribution < 1.29 is 9.59 Å². The second kappa shape index (κ2) is 8.17. The first-order valence-corrected chi connectivity index (χ1v) is 10.3. The maximum absolute atomic E-state index is 12.4. The van der Waals surface area contributed by atoms with Crippen LogP contribution in [0.2, 0.25) is 0 Å². The topological polar surface area (TPSA) is 76.0 Å². The molecule has 144 valence electrons. The molecule has 3 rings (SSSR count). The maximum Gasteiger partial charge on any atom is 0.314 e. The molecule has 27 heavy (non-hydrogen) atoms. The van der Waals surface area contributed by atoms with Gasteiger partial charge < -0.3 is 10.6 Å². The van der Waals surface area contributed by atoms with Gasteiger partial charge in [-0.2, -0.15) is 16.9 Å². The predicted molar refractivity (Wildman–Crippen MR) is 109 cm³/mol. The number of fused-ring (bicyclic) bond motifs is 1. The van der Waals surface area contributed by atoms with Crippen molar-refractivity contribution in [2.24, 2.45) is 0 Å². The molecule has 6 nitrogen and oxygen atoms in total. The van der Waals surface area contributed by atoms with Crippen LogP contribution >= 0.6 is 11.8 Å². The van der Waals surface area contributed by atoms with Gasteiger partial charge in [0.05, 0.1) is 11.2 Å². The zero-order valence-electron chi connectivity index (χ0n) is 16.0. The van der Waals surface area contributed by atoms with E-state index in [1.807, 2.05) is 43.7 Å². The lowest BCUT2D eigenvalue weighted by Gasteiger charge is -2.23. The molecular formula is C20H26N4O2S. The van der Waals surface area contributed by atoms with Crippen molar-refractivity contribution in [2.75, 3.05) is 11.9 Å². The molecule has 1 aliphatic rings. The van der Waals surface area contributed by atoms with Gasteiger partial charge in [0.15, 0.2) is 0 Å². The number of aromatic nitrogens is 2. The van der Waals surface area contributed by atoms with Gasteiger partial charge in [-0.1, -0.05) is 30.3 Å². The van der Waals surface area contributed by atoms with E-state index in [0.717, 1.165) is 35.6 Å². The predicted octanol–water partition coefficient (Wildman–Crippen LogP) is 3.07. The Morgan fingerprint density at radius 3 is 2.59 bits per heavy atom. The van der Waals surface area contributed by atoms with Crippen LogP contribution in [-0.4, -0.2) is 28.1 Å². The molecule has 1 aromatic heterocycles. The summed E-state index contributed by atoms with van der Waals surface area (Å²) in [5.41, 5.74) is 2.97. The smallest absolute Gasteiger partial charge is 0.314 e. The van der Waals surface area contributed by atoms with E-state index in [-0.39, 0.29) is 5.54 Å². The Kier molecular flexibility index (Phi) is 5.89. The summed E-state index contributed by atoms with van der Waals surface area (Å²) >= 11 is 1.77. The van der Waals surface area contributed by atoms with Crippen LogP contribution in [0.5, 0.6) is 0 Å². The maximum atomic E-state index is 12.4. The number of hydrogen-bond donors (Lipinski definition) is 2. The van der Waals surface area contributed by atoms with Crippen molar-refractivity contribution in [3.8, 4) is 0 Å². The Labute approximate surface area is 164 Å². The highest BCUT2D eigenvalue weighted by Crippen LogP contribution is 2.37. The minimum atomic E-state index is -0.639. The molecular weight excluding hydrogens is 360 g/mol. The highest BCUT2D eigenvalue weighted by atomic mass is 32.2. The molecule has 0 fully saturated rings. The first kappa shape index (κ1) is 19.5. The third-order valence-electron chi connectivity index (χ3n) is 4.40. The summed E-state index contributed by atoms with van der Waals surface area (Å²) in [5, 5.41) is 10.1. The molecule has 0 saturated carbocycles. The van der Waals surface area contributed by atoms with Gasteiger partial charge in [0.25, 0.3) is 0 Å². The van der Waals surface area contributed by atoms with Crippen molar-refractivity contribution in [2.45, 2.75) is 50.7 Å². The fourth-order valence-corrected chi connectivity index (χ4v) is 4.05. The number of amides is 2. The number of nitrogens with one attached hydrogen (secondary N) is 2. The van der Waals surface area contributed by atoms with Crippen LogP contribution in [0.25, 0.3) is 0 Å². The zero-order chi connectivity index (χ0) is 19.4. The fourth-order valence-electron chi connectivity index (χ4n) is 3.01. The third kappa shape index (κ3) is 4.71. The summed E-state index contributed by atoms with van der Waals surface area (Å²) in [6.07, 6.45) is 1.65. The van der Waals surface area contributed by atoms with Gasteiger partial charge >= 0.3 is 11.8 Å². The van der Waals surface area contributed by atoms with E-state index >= 15 is 0 Å². The fraction of sp³-hybridized carbons (Fsp3) is 0.450. The Morgan fingerprint density at radius 1 is 1.15 bits per heavy atom. The van der Waals surface area contributed by atoms with Gasteiger partial charge in [0.2, 0.25) is 0 Å². The van der Waals surface area contributed by atoms with Crippen molar-refractivity contribution in [1.82, 2.24) is 15.1 Å². The van der Waals surface area contributed by atoms with E-state index in [9.17, 15) is 9.59 Å². The van der Waals surface area contributed by atoms with Crippen LogP contribution in [0.4, 0.5) is 5.82 Å². The Balaban J connectivity index is 1.56. The molecule has 0 bridgehead atoms. The molecule has 0 spiro atoms. The van der Waals surface area contributed by atoms with E-state index in [1.165, 1.54) is 5.56 Å². The molecule has 2 heterocycles. The first-order chi connectivity index (χ1) is 12.9. The van der Waals surface area contributed by atoms with E-state index in [4.69, 9.17) is 0 Å². The van der Waals surface area contributed by atoms with E-state index < -0.39 is 11.8 Å². The number of hydrogen-bond acceptors (Lipinski definition) is 4. The van der Waals surface area contributed by atoms with Gasteiger partial charge in [-0.25, -0.2) is 4.68 Å². The van der Waals surface area contributed by atoms with Gasteiger partial charge in [0, 0.05) is 23.6 Å². The number of benzene rings is 1. The van der Waals surface area contributed by atoms with Crippen LogP contribution in [0, 0.1) is 0 Å². The van der Waals surface area contributed by atoms with Gasteiger partial charge in [-0.3, -0.25) is 9.59 Å². The summed E-state index contributed by atoms with van der Waals surface area (Å²) in [5.74, 6) is 1.04. The summed E-state index contributed by atoms with van der Waals surface area (Å²) < 4.78 is 1.82. The van der Waals surface area contributed by atoms with Crippen LogP contribution in [0.15, 0.2) is 30.3 Å². The normalized spacial score (nSPS) is 13.3. The van der Waals surface area contributed by atoms with E-state index in [0.29, 0.717) is 12.4 Å². The van der Waals surface area contributed by atoms with E-state index in [2.05, 4.69) is 27.9 Å². The number of carbonyl (C=O) groups excluding carboxylic acids is 2. The second-order valence-corrected chi connectivity index (χ2v) is 8.63. The molecule has 2 aromatic rings. The van der Waals surface area contributed by atoms with Crippen LogP contribution in [0.3, 0.4) is 0 Å². The largest absolute Gasteiger partial charge is 0.348 e. The number of thioether (sulfide) groups is 1. The standard InChI is InChI=1S/C20H26N4O2S/c1-20(2,3)24-17(15-12-27-13-16(15)23-24)22-19(26)18(25)21-11-7-10-14-8-5-4-6-9-14/h4-6,8-9H,7,10-13H2,1-3H3,(H,21,25)(H,22,26). The average molecular weight is 387 g/mol. The molecule has 0 saturated heterocycles. The van der Waals surface area contributed by atoms with Gasteiger partial charge in [-0.15, -0.1) is 0 Å². The highest BCUT2D eigenvalue weighted by Gasteiger charge is 2.29. The second-order valence-electron chi connectivity index (χ2n) is 7.65. The van der Waals surface area contributed by atoms with Crippen molar-refractivity contribution in [1.29, 1.82) is 0 Å². The molecule has 0 radical (unpaired) electrons. The van der Waals surface area contributed by atoms with Crippen LogP contribution < -0.4 is 10.6 Å². The monoisotopic (exact) mass is 386 g/mol. The number of anilines is 1. The van der Waals surface area contributed by atoms with Crippen LogP contribution in [-0.2, 0) is 33.1 Å². The molecule has 7 heteroatoms. The van der Waals surface area contributed by atoms with Crippen molar-refractivity contribution in [3.63, 3.8) is 0 Å². The summed E-state index contributed by atoms with van der Waals surface area (Å²) in [6.45, 7) is 6.55. The number of carbonyl (C=O) groups is 2. The number of aryl methyl sites for hydroxylation is 1. The lowest BCUT2D eigenvalue weighted by molar-refractivity contribution is -0.136. The third-order valence-corrected chi connectivity index (χ3v) is 5.37. The lowest BCUT2D eigenvalue weighted by atomic mass is 10.1. The first-order valence-electron chi connectivity index (χ1n) is 9.18. The minimum absolute atomic E-state index is 0.274. The SMILES string of the molecule is CC(C)(C)n1nc2c(c1NC(=O)C(=O)NCCCc1ccccc1)CSC2. The highest BCUT2D eigenvalue weighted by molar-refractivity contribution is 7.98. The lowest BCUT2D eigenvalue weighted by Crippen LogP contribution is -2.37. The Hall–Kier alpha value is -2.28. The van der Waals surface area contributed by atoms with E-state index in [1.54, 1.807) is 11.8 Å². The summed E-state index contributed by atoms with van der Waals surface area (Å²) in [4.78, 5) is 24.6. The molecule has 1 aromatic carbocycles. The number of rotatable bonds is 5.